The number of likely N-dealkylation sites (tertiary alicyclic amines) is 1. The highest BCUT2D eigenvalue weighted by molar-refractivity contribution is 5.94. The highest BCUT2D eigenvalue weighted by Gasteiger charge is 2.54. The molecule has 0 aliphatic carbocycles. The normalized spacial score (nSPS) is 32.1. The summed E-state index contributed by atoms with van der Waals surface area (Å²) in [5.41, 5.74) is 2.10. The number of hydrogen-bond donors (Lipinski definition) is 0. The summed E-state index contributed by atoms with van der Waals surface area (Å²) in [5.74, 6) is 1.20. The average molecular weight is 364 g/mol. The molecule has 0 unspecified atom stereocenters. The number of hydrogen-bond acceptors (Lipinski definition) is 3. The maximum atomic E-state index is 13.4. The van der Waals surface area contributed by atoms with Gasteiger partial charge in [0.1, 0.15) is 0 Å². The summed E-state index contributed by atoms with van der Waals surface area (Å²) in [7, 11) is 0. The summed E-state index contributed by atoms with van der Waals surface area (Å²) in [5, 5.41) is 4.40. The highest BCUT2D eigenvalue weighted by atomic mass is 16.2. The lowest BCUT2D eigenvalue weighted by molar-refractivity contribution is -0.00341. The van der Waals surface area contributed by atoms with Crippen LogP contribution in [0.2, 0.25) is 0 Å². The monoisotopic (exact) mass is 364 g/mol. The van der Waals surface area contributed by atoms with E-state index in [0.29, 0.717) is 23.9 Å². The fraction of sp³-hybridized carbons (Fsp3) is 0.545. The van der Waals surface area contributed by atoms with Gasteiger partial charge in [0.25, 0.3) is 5.91 Å². The van der Waals surface area contributed by atoms with Crippen LogP contribution in [0.15, 0.2) is 42.7 Å². The molecular formula is C22H28N4O. The van der Waals surface area contributed by atoms with E-state index >= 15 is 0 Å². The lowest BCUT2D eigenvalue weighted by Gasteiger charge is -2.51. The van der Waals surface area contributed by atoms with Gasteiger partial charge in [-0.2, -0.15) is 5.10 Å². The van der Waals surface area contributed by atoms with Crippen molar-refractivity contribution < 1.29 is 4.79 Å². The van der Waals surface area contributed by atoms with E-state index in [9.17, 15) is 4.79 Å². The number of nitrogens with zero attached hydrogens (tertiary/aromatic N) is 4. The van der Waals surface area contributed by atoms with E-state index in [-0.39, 0.29) is 11.9 Å². The first-order valence-corrected chi connectivity index (χ1v) is 10.3. The summed E-state index contributed by atoms with van der Waals surface area (Å²) in [6.45, 7) is 7.36. The van der Waals surface area contributed by atoms with Crippen LogP contribution in [0.4, 0.5) is 0 Å². The minimum absolute atomic E-state index is 0.157. The third kappa shape index (κ3) is 2.71. The van der Waals surface area contributed by atoms with Crippen molar-refractivity contribution >= 4 is 5.91 Å². The van der Waals surface area contributed by atoms with Crippen LogP contribution >= 0.6 is 0 Å². The van der Waals surface area contributed by atoms with Crippen LogP contribution < -0.4 is 0 Å². The first kappa shape index (κ1) is 17.0. The third-order valence-corrected chi connectivity index (χ3v) is 6.86. The van der Waals surface area contributed by atoms with Crippen LogP contribution in [-0.2, 0) is 0 Å². The molecule has 0 spiro atoms. The number of carbonyl (C=O) groups is 1. The summed E-state index contributed by atoms with van der Waals surface area (Å²) in [4.78, 5) is 18.3. The Bertz CT molecular complexity index is 822. The zero-order valence-corrected chi connectivity index (χ0v) is 16.2. The van der Waals surface area contributed by atoms with Gasteiger partial charge in [-0.1, -0.05) is 30.3 Å². The Hall–Kier alpha value is -2.14. The Balaban J connectivity index is 1.49. The summed E-state index contributed by atoms with van der Waals surface area (Å²) in [6, 6.07) is 11.9. The molecule has 1 aromatic heterocycles. The van der Waals surface area contributed by atoms with Crippen LogP contribution in [0.5, 0.6) is 0 Å². The molecule has 6 rings (SSSR count). The number of benzene rings is 1. The fourth-order valence-electron chi connectivity index (χ4n) is 5.54. The van der Waals surface area contributed by atoms with Gasteiger partial charge in [0.2, 0.25) is 0 Å². The number of rotatable bonds is 3. The van der Waals surface area contributed by atoms with Gasteiger partial charge in [0.05, 0.1) is 17.8 Å². The van der Waals surface area contributed by atoms with Crippen molar-refractivity contribution in [3.63, 3.8) is 0 Å². The molecule has 0 N–H and O–H groups in total. The van der Waals surface area contributed by atoms with Crippen molar-refractivity contribution in [1.82, 2.24) is 19.6 Å². The molecule has 4 fully saturated rings. The summed E-state index contributed by atoms with van der Waals surface area (Å²) in [6.07, 6.45) is 6.10. The van der Waals surface area contributed by atoms with Crippen LogP contribution in [0.25, 0.3) is 0 Å². The molecule has 142 valence electrons. The highest BCUT2D eigenvalue weighted by Crippen LogP contribution is 2.46. The number of amides is 1. The van der Waals surface area contributed by atoms with Crippen molar-refractivity contribution in [2.45, 2.75) is 50.7 Å². The van der Waals surface area contributed by atoms with Gasteiger partial charge < -0.3 is 4.90 Å². The molecule has 5 heterocycles. The van der Waals surface area contributed by atoms with Crippen LogP contribution in [0, 0.1) is 5.92 Å². The lowest BCUT2D eigenvalue weighted by Crippen LogP contribution is -2.60. The maximum absolute atomic E-state index is 13.4. The van der Waals surface area contributed by atoms with Crippen LogP contribution in [0.1, 0.15) is 54.6 Å². The molecule has 2 bridgehead atoms. The minimum atomic E-state index is 0.157. The van der Waals surface area contributed by atoms with E-state index in [1.54, 1.807) is 6.20 Å². The fourth-order valence-corrected chi connectivity index (χ4v) is 5.54. The second-order valence-corrected chi connectivity index (χ2v) is 8.63. The zero-order valence-electron chi connectivity index (χ0n) is 16.2. The summed E-state index contributed by atoms with van der Waals surface area (Å²) >= 11 is 0. The molecular weight excluding hydrogens is 336 g/mol. The van der Waals surface area contributed by atoms with E-state index < -0.39 is 0 Å². The maximum Gasteiger partial charge on any atom is 0.257 e. The Kier molecular flexibility index (Phi) is 4.08. The van der Waals surface area contributed by atoms with E-state index in [0.717, 1.165) is 12.1 Å². The van der Waals surface area contributed by atoms with E-state index in [1.165, 1.54) is 31.5 Å². The topological polar surface area (TPSA) is 41.4 Å². The molecule has 1 amide bonds. The molecule has 5 heteroatoms. The number of piperidine rings is 3. The largest absolute Gasteiger partial charge is 0.333 e. The van der Waals surface area contributed by atoms with Gasteiger partial charge in [-0.15, -0.1) is 0 Å². The quantitative estimate of drug-likeness (QED) is 0.840. The standard InChI is InChI=1S/C22H28N4O/c1-15(2)26-13-18(12-23-26)22(27)25-14-19(16-6-4-3-5-7-16)21-20(25)17-8-10-24(21)11-9-17/h3-7,12-13,15,17,19-21H,8-11,14H2,1-2H3/t19-,20-,21-/m1/s1. The van der Waals surface area contributed by atoms with Gasteiger partial charge in [-0.05, 0) is 51.3 Å². The van der Waals surface area contributed by atoms with Crippen molar-refractivity contribution in [1.29, 1.82) is 0 Å². The van der Waals surface area contributed by atoms with Crippen molar-refractivity contribution in [3.8, 4) is 0 Å². The predicted octanol–water partition coefficient (Wildman–Crippen LogP) is 3.17. The number of aromatic nitrogens is 2. The Labute approximate surface area is 161 Å². The molecule has 5 nitrogen and oxygen atoms in total. The third-order valence-electron chi connectivity index (χ3n) is 6.86. The lowest BCUT2D eigenvalue weighted by atomic mass is 9.75. The van der Waals surface area contributed by atoms with Crippen molar-refractivity contribution in [3.05, 3.63) is 53.9 Å². The summed E-state index contributed by atoms with van der Waals surface area (Å²) < 4.78 is 1.88. The molecule has 1 aromatic carbocycles. The first-order chi connectivity index (χ1) is 13.1. The minimum Gasteiger partial charge on any atom is -0.333 e. The number of fused-ring (bicyclic) bond motifs is 2. The molecule has 4 aliphatic rings. The van der Waals surface area contributed by atoms with Crippen molar-refractivity contribution in [2.24, 2.45) is 5.92 Å². The molecule has 0 saturated carbocycles. The van der Waals surface area contributed by atoms with Gasteiger partial charge in [-0.25, -0.2) is 0 Å². The SMILES string of the molecule is CC(C)n1cc(C(=O)N2C[C@H](c3ccccc3)[C@@H]3[C@H]2C2CCN3CC2)cn1. The van der Waals surface area contributed by atoms with E-state index in [2.05, 4.69) is 59.1 Å². The Morgan fingerprint density at radius 1 is 1.11 bits per heavy atom. The smallest absolute Gasteiger partial charge is 0.257 e. The molecule has 2 aromatic rings. The van der Waals surface area contributed by atoms with Crippen LogP contribution in [-0.4, -0.2) is 57.2 Å². The van der Waals surface area contributed by atoms with E-state index in [1.807, 2.05) is 10.9 Å². The second kappa shape index (κ2) is 6.48. The first-order valence-electron chi connectivity index (χ1n) is 10.3. The van der Waals surface area contributed by atoms with Gasteiger partial charge >= 0.3 is 0 Å². The van der Waals surface area contributed by atoms with Gasteiger partial charge in [-0.3, -0.25) is 14.4 Å². The van der Waals surface area contributed by atoms with Gasteiger partial charge in [0, 0.05) is 30.7 Å². The second-order valence-electron chi connectivity index (χ2n) is 8.63. The predicted molar refractivity (Wildman–Crippen MR) is 105 cm³/mol. The molecule has 27 heavy (non-hydrogen) atoms. The Morgan fingerprint density at radius 3 is 2.52 bits per heavy atom. The van der Waals surface area contributed by atoms with E-state index in [4.69, 9.17) is 0 Å². The van der Waals surface area contributed by atoms with Crippen LogP contribution in [0.3, 0.4) is 0 Å². The molecule has 3 atom stereocenters. The molecule has 4 saturated heterocycles. The number of carbonyl (C=O) groups excluding carboxylic acids is 1. The average Bonchev–Trinajstić information content (AvgIpc) is 3.36. The van der Waals surface area contributed by atoms with Crippen molar-refractivity contribution in [2.75, 3.05) is 19.6 Å². The zero-order chi connectivity index (χ0) is 18.5. The molecule has 0 radical (unpaired) electrons. The molecule has 4 aliphatic heterocycles. The Morgan fingerprint density at radius 2 is 1.85 bits per heavy atom. The van der Waals surface area contributed by atoms with Gasteiger partial charge in [0.15, 0.2) is 0 Å².